The molecule has 0 atom stereocenters. The summed E-state index contributed by atoms with van der Waals surface area (Å²) in [5.41, 5.74) is 0.922. The molecule has 0 bridgehead atoms. The molecular weight excluding hydrogens is 359 g/mol. The second-order valence-corrected chi connectivity index (χ2v) is 7.13. The third-order valence-electron chi connectivity index (χ3n) is 3.15. The molecule has 0 unspecified atom stereocenters. The Bertz CT molecular complexity index is 841. The fourth-order valence-corrected chi connectivity index (χ4v) is 3.58. The third kappa shape index (κ3) is 3.78. The molecule has 0 aliphatic carbocycles. The molecule has 2 aromatic heterocycles. The number of halogens is 3. The van der Waals surface area contributed by atoms with Crippen molar-refractivity contribution < 1.29 is 17.6 Å². The Balaban J connectivity index is 1.66. The lowest BCUT2D eigenvalue weighted by Crippen LogP contribution is -2.04. The molecule has 2 heterocycles. The van der Waals surface area contributed by atoms with Crippen LogP contribution in [-0.2, 0) is 11.9 Å². The summed E-state index contributed by atoms with van der Waals surface area (Å²) in [6.07, 6.45) is -4.32. The molecule has 0 aliphatic rings. The van der Waals surface area contributed by atoms with Crippen LogP contribution in [0, 0.1) is 13.8 Å². The number of thiazole rings is 1. The van der Waals surface area contributed by atoms with Gasteiger partial charge in [-0.05, 0) is 31.5 Å². The van der Waals surface area contributed by atoms with E-state index in [0.717, 1.165) is 33.3 Å². The normalized spacial score (nSPS) is 11.9. The van der Waals surface area contributed by atoms with E-state index in [2.05, 4.69) is 15.2 Å². The fraction of sp³-hybridized carbons (Fsp3) is 0.267. The highest BCUT2D eigenvalue weighted by Crippen LogP contribution is 2.32. The third-order valence-corrected chi connectivity index (χ3v) is 5.10. The number of thioether (sulfide) groups is 1. The van der Waals surface area contributed by atoms with Crippen LogP contribution >= 0.6 is 23.1 Å². The molecule has 4 nitrogen and oxygen atoms in total. The van der Waals surface area contributed by atoms with Gasteiger partial charge >= 0.3 is 6.18 Å². The summed E-state index contributed by atoms with van der Waals surface area (Å²) in [4.78, 5) is 5.14. The average molecular weight is 371 g/mol. The van der Waals surface area contributed by atoms with E-state index in [1.165, 1.54) is 35.2 Å². The highest BCUT2D eigenvalue weighted by molar-refractivity contribution is 7.98. The maximum absolute atomic E-state index is 12.5. The Hall–Kier alpha value is -1.87. The van der Waals surface area contributed by atoms with Gasteiger partial charge in [0.15, 0.2) is 0 Å². The first-order valence-corrected chi connectivity index (χ1v) is 8.70. The molecule has 126 valence electrons. The first kappa shape index (κ1) is 17.0. The van der Waals surface area contributed by atoms with Gasteiger partial charge in [-0.2, -0.15) is 13.2 Å². The molecule has 3 rings (SSSR count). The zero-order valence-corrected chi connectivity index (χ0v) is 14.3. The maximum Gasteiger partial charge on any atom is 0.416 e. The molecule has 1 aromatic carbocycles. The minimum Gasteiger partial charge on any atom is -0.410 e. The van der Waals surface area contributed by atoms with E-state index in [0.29, 0.717) is 16.9 Å². The molecule has 0 aliphatic heterocycles. The lowest BCUT2D eigenvalue weighted by molar-refractivity contribution is -0.137. The Kier molecular flexibility index (Phi) is 4.64. The van der Waals surface area contributed by atoms with Crippen molar-refractivity contribution in [1.29, 1.82) is 0 Å². The average Bonchev–Trinajstić information content (AvgIpc) is 3.11. The van der Waals surface area contributed by atoms with Crippen LogP contribution in [0.2, 0.25) is 0 Å². The van der Waals surface area contributed by atoms with Gasteiger partial charge in [0.25, 0.3) is 11.1 Å². The van der Waals surface area contributed by atoms with Crippen LogP contribution in [0.4, 0.5) is 13.2 Å². The SMILES string of the molecule is Cc1nc(C)c(-c2nnc(SCc3ccc(C(F)(F)F)cc3)o2)s1. The molecular formula is C15H12F3N3OS2. The van der Waals surface area contributed by atoms with Crippen LogP contribution in [0.1, 0.15) is 21.8 Å². The van der Waals surface area contributed by atoms with Crippen LogP contribution in [0.15, 0.2) is 33.9 Å². The van der Waals surface area contributed by atoms with E-state index in [1.54, 1.807) is 0 Å². The minimum absolute atomic E-state index is 0.371. The largest absolute Gasteiger partial charge is 0.416 e. The molecule has 0 radical (unpaired) electrons. The van der Waals surface area contributed by atoms with Gasteiger partial charge in [0, 0.05) is 5.75 Å². The molecule has 0 N–H and O–H groups in total. The van der Waals surface area contributed by atoms with Crippen molar-refractivity contribution in [3.63, 3.8) is 0 Å². The molecule has 3 aromatic rings. The lowest BCUT2D eigenvalue weighted by Gasteiger charge is -2.06. The smallest absolute Gasteiger partial charge is 0.410 e. The van der Waals surface area contributed by atoms with Gasteiger partial charge < -0.3 is 4.42 Å². The van der Waals surface area contributed by atoms with Gasteiger partial charge in [0.05, 0.1) is 16.3 Å². The molecule has 9 heteroatoms. The van der Waals surface area contributed by atoms with E-state index in [1.807, 2.05) is 13.8 Å². The van der Waals surface area contributed by atoms with Crippen molar-refractivity contribution in [1.82, 2.24) is 15.2 Å². The molecule has 0 saturated carbocycles. The summed E-state index contributed by atoms with van der Waals surface area (Å²) in [6.45, 7) is 3.77. The Morgan fingerprint density at radius 3 is 2.42 bits per heavy atom. The van der Waals surface area contributed by atoms with E-state index in [9.17, 15) is 13.2 Å². The summed E-state index contributed by atoms with van der Waals surface area (Å²) in [6, 6.07) is 5.03. The van der Waals surface area contributed by atoms with Gasteiger partial charge in [0.2, 0.25) is 0 Å². The predicted octanol–water partition coefficient (Wildman–Crippen LogP) is 5.12. The maximum atomic E-state index is 12.5. The number of aromatic nitrogens is 3. The zero-order valence-electron chi connectivity index (χ0n) is 12.7. The number of nitrogens with zero attached hydrogens (tertiary/aromatic N) is 3. The minimum atomic E-state index is -4.32. The number of hydrogen-bond acceptors (Lipinski definition) is 6. The van der Waals surface area contributed by atoms with Gasteiger partial charge in [-0.15, -0.1) is 21.5 Å². The molecule has 0 amide bonds. The second-order valence-electron chi connectivity index (χ2n) is 5.00. The Labute approximate surface area is 144 Å². The Morgan fingerprint density at radius 2 is 1.83 bits per heavy atom. The van der Waals surface area contributed by atoms with Gasteiger partial charge in [-0.1, -0.05) is 23.9 Å². The second kappa shape index (κ2) is 6.56. The first-order chi connectivity index (χ1) is 11.3. The fourth-order valence-electron chi connectivity index (χ4n) is 2.02. The van der Waals surface area contributed by atoms with Crippen molar-refractivity contribution >= 4 is 23.1 Å². The standard InChI is InChI=1S/C15H12F3N3OS2/c1-8-12(24-9(2)19-8)13-20-21-14(22-13)23-7-10-3-5-11(6-4-10)15(16,17)18/h3-6H,7H2,1-2H3. The summed E-state index contributed by atoms with van der Waals surface area (Å²) in [5.74, 6) is 0.855. The molecule has 0 saturated heterocycles. The quantitative estimate of drug-likeness (QED) is 0.596. The van der Waals surface area contributed by atoms with E-state index in [-0.39, 0.29) is 0 Å². The summed E-state index contributed by atoms with van der Waals surface area (Å²) in [7, 11) is 0. The van der Waals surface area contributed by atoms with E-state index < -0.39 is 11.7 Å². The zero-order chi connectivity index (χ0) is 17.3. The topological polar surface area (TPSA) is 51.8 Å². The molecule has 0 fully saturated rings. The number of benzene rings is 1. The Morgan fingerprint density at radius 1 is 1.12 bits per heavy atom. The summed E-state index contributed by atoms with van der Waals surface area (Å²) >= 11 is 2.75. The highest BCUT2D eigenvalue weighted by Gasteiger charge is 2.29. The number of hydrogen-bond donors (Lipinski definition) is 0. The van der Waals surface area contributed by atoms with Gasteiger partial charge in [-0.25, -0.2) is 4.98 Å². The number of aryl methyl sites for hydroxylation is 2. The van der Waals surface area contributed by atoms with Crippen LogP contribution < -0.4 is 0 Å². The van der Waals surface area contributed by atoms with E-state index in [4.69, 9.17) is 4.42 Å². The molecule has 24 heavy (non-hydrogen) atoms. The van der Waals surface area contributed by atoms with Gasteiger partial charge in [0.1, 0.15) is 4.88 Å². The van der Waals surface area contributed by atoms with E-state index >= 15 is 0 Å². The predicted molar refractivity (Wildman–Crippen MR) is 85.9 cm³/mol. The van der Waals surface area contributed by atoms with Crippen molar-refractivity contribution in [2.45, 2.75) is 31.0 Å². The summed E-state index contributed by atoms with van der Waals surface area (Å²) < 4.78 is 43.2. The van der Waals surface area contributed by atoms with Gasteiger partial charge in [-0.3, -0.25) is 0 Å². The number of alkyl halides is 3. The monoisotopic (exact) mass is 371 g/mol. The van der Waals surface area contributed by atoms with Crippen molar-refractivity contribution in [3.05, 3.63) is 46.1 Å². The van der Waals surface area contributed by atoms with Crippen molar-refractivity contribution in [3.8, 4) is 10.8 Å². The number of rotatable bonds is 4. The van der Waals surface area contributed by atoms with Crippen LogP contribution in [0.25, 0.3) is 10.8 Å². The van der Waals surface area contributed by atoms with Crippen molar-refractivity contribution in [2.75, 3.05) is 0 Å². The molecule has 0 spiro atoms. The summed E-state index contributed by atoms with van der Waals surface area (Å²) in [5, 5.41) is 9.25. The lowest BCUT2D eigenvalue weighted by atomic mass is 10.1. The van der Waals surface area contributed by atoms with Crippen LogP contribution in [0.3, 0.4) is 0 Å². The highest BCUT2D eigenvalue weighted by atomic mass is 32.2. The van der Waals surface area contributed by atoms with Crippen LogP contribution in [-0.4, -0.2) is 15.2 Å². The van der Waals surface area contributed by atoms with Crippen molar-refractivity contribution in [2.24, 2.45) is 0 Å². The van der Waals surface area contributed by atoms with Crippen LogP contribution in [0.5, 0.6) is 0 Å². The first-order valence-electron chi connectivity index (χ1n) is 6.90.